The summed E-state index contributed by atoms with van der Waals surface area (Å²) in [6.07, 6.45) is 4.20. The van der Waals surface area contributed by atoms with Gasteiger partial charge in [-0.15, -0.1) is 0 Å². The summed E-state index contributed by atoms with van der Waals surface area (Å²) in [4.78, 5) is 55.9. The Hall–Kier alpha value is -4.15. The highest BCUT2D eigenvalue weighted by atomic mass is 19.1. The molecule has 3 amide bonds. The van der Waals surface area contributed by atoms with Gasteiger partial charge in [-0.2, -0.15) is 0 Å². The van der Waals surface area contributed by atoms with Crippen LogP contribution in [0, 0.1) is 5.82 Å². The van der Waals surface area contributed by atoms with Gasteiger partial charge < -0.3 is 25.6 Å². The molecule has 2 heterocycles. The summed E-state index contributed by atoms with van der Waals surface area (Å²) in [5.74, 6) is -0.855. The van der Waals surface area contributed by atoms with Crippen LogP contribution in [0.1, 0.15) is 54.1 Å². The van der Waals surface area contributed by atoms with E-state index in [9.17, 15) is 23.6 Å². The Morgan fingerprint density at radius 3 is 2.61 bits per heavy atom. The first-order valence-corrected chi connectivity index (χ1v) is 16.4. The van der Waals surface area contributed by atoms with Crippen LogP contribution >= 0.6 is 0 Å². The van der Waals surface area contributed by atoms with Gasteiger partial charge >= 0.3 is 0 Å². The molecule has 2 unspecified atom stereocenters. The SMILES string of the molecule is CCNC(=O)c1c(CCN2CCN(C(=O)C(Cc3ccc(F)cc3)NC(=O)C3CCCN3)[C@@H](CCC=O)C2)ccc2ccccc12. The van der Waals surface area contributed by atoms with Gasteiger partial charge in [0.25, 0.3) is 5.91 Å². The second kappa shape index (κ2) is 15.9. The van der Waals surface area contributed by atoms with Crippen LogP contribution in [-0.2, 0) is 27.2 Å². The van der Waals surface area contributed by atoms with Gasteiger partial charge in [-0.05, 0) is 73.2 Å². The van der Waals surface area contributed by atoms with Crippen molar-refractivity contribution in [1.29, 1.82) is 0 Å². The Balaban J connectivity index is 1.31. The lowest BCUT2D eigenvalue weighted by atomic mass is 9.95. The van der Waals surface area contributed by atoms with Gasteiger partial charge in [-0.1, -0.05) is 48.5 Å². The van der Waals surface area contributed by atoms with Crippen molar-refractivity contribution in [2.75, 3.05) is 39.3 Å². The number of carbonyl (C=O) groups is 4. The molecule has 3 aromatic rings. The summed E-state index contributed by atoms with van der Waals surface area (Å²) in [6, 6.07) is 16.6. The van der Waals surface area contributed by atoms with Crippen LogP contribution < -0.4 is 16.0 Å². The molecular weight excluding hydrogens is 585 g/mol. The highest BCUT2D eigenvalue weighted by Crippen LogP contribution is 2.24. The molecule has 9 nitrogen and oxygen atoms in total. The number of amides is 3. The van der Waals surface area contributed by atoms with Gasteiger partial charge in [0.15, 0.2) is 0 Å². The molecule has 0 aromatic heterocycles. The van der Waals surface area contributed by atoms with Crippen LogP contribution in [0.4, 0.5) is 4.39 Å². The van der Waals surface area contributed by atoms with Crippen molar-refractivity contribution in [3.8, 4) is 0 Å². The fraction of sp³-hybridized carbons (Fsp3) is 0.444. The minimum Gasteiger partial charge on any atom is -0.352 e. The third kappa shape index (κ3) is 8.16. The van der Waals surface area contributed by atoms with Gasteiger partial charge in [-0.25, -0.2) is 4.39 Å². The first-order chi connectivity index (χ1) is 22.4. The van der Waals surface area contributed by atoms with E-state index in [4.69, 9.17) is 0 Å². The van der Waals surface area contributed by atoms with Crippen LogP contribution in [0.25, 0.3) is 10.8 Å². The number of carbonyl (C=O) groups excluding carboxylic acids is 4. The lowest BCUT2D eigenvalue weighted by Gasteiger charge is -2.43. The summed E-state index contributed by atoms with van der Waals surface area (Å²) in [5.41, 5.74) is 2.42. The smallest absolute Gasteiger partial charge is 0.252 e. The number of hydrogen-bond donors (Lipinski definition) is 3. The molecule has 244 valence electrons. The van der Waals surface area contributed by atoms with Crippen molar-refractivity contribution in [3.05, 3.63) is 83.2 Å². The molecule has 0 saturated carbocycles. The van der Waals surface area contributed by atoms with Crippen LogP contribution in [0.15, 0.2) is 60.7 Å². The number of nitrogens with zero attached hydrogens (tertiary/aromatic N) is 2. The zero-order valence-corrected chi connectivity index (χ0v) is 26.5. The lowest BCUT2D eigenvalue weighted by molar-refractivity contribution is -0.141. The van der Waals surface area contributed by atoms with E-state index in [1.807, 2.05) is 48.2 Å². The summed E-state index contributed by atoms with van der Waals surface area (Å²) >= 11 is 0. The molecule has 3 N–H and O–H groups in total. The molecule has 2 saturated heterocycles. The van der Waals surface area contributed by atoms with E-state index in [1.54, 1.807) is 12.1 Å². The van der Waals surface area contributed by atoms with Crippen molar-refractivity contribution in [2.24, 2.45) is 0 Å². The number of rotatable bonds is 13. The standard InChI is InChI=1S/C36H44FN5O4/c1-2-38-35(45)33-27(14-13-26-7-3-4-9-30(26)33)17-19-41-20-21-42(29(24-41)8-6-22-43)36(46)32(23-25-11-15-28(37)16-12-25)40-34(44)31-10-5-18-39-31/h3-4,7,9,11-16,22,29,31-32,39H,2,5-6,8,10,17-21,23-24H2,1H3,(H,38,45)(H,40,44)/t29-,31?,32?/m0/s1. The molecule has 0 bridgehead atoms. The third-order valence-electron chi connectivity index (χ3n) is 9.09. The Bertz CT molecular complexity index is 1520. The van der Waals surface area contributed by atoms with Gasteiger partial charge in [0, 0.05) is 51.6 Å². The molecule has 46 heavy (non-hydrogen) atoms. The molecule has 10 heteroatoms. The number of hydrogen-bond acceptors (Lipinski definition) is 6. The predicted molar refractivity (Wildman–Crippen MR) is 176 cm³/mol. The molecule has 3 atom stereocenters. The molecule has 3 aromatic carbocycles. The molecule has 2 aliphatic heterocycles. The summed E-state index contributed by atoms with van der Waals surface area (Å²) in [6.45, 7) is 5.53. The van der Waals surface area contributed by atoms with E-state index >= 15 is 0 Å². The zero-order valence-electron chi connectivity index (χ0n) is 26.5. The van der Waals surface area contributed by atoms with Crippen LogP contribution in [-0.4, -0.2) is 91.2 Å². The molecule has 2 aliphatic rings. The topological polar surface area (TPSA) is 111 Å². The summed E-state index contributed by atoms with van der Waals surface area (Å²) in [5, 5.41) is 11.1. The Morgan fingerprint density at radius 1 is 1.07 bits per heavy atom. The van der Waals surface area contributed by atoms with E-state index < -0.39 is 6.04 Å². The van der Waals surface area contributed by atoms with E-state index in [2.05, 4.69) is 20.9 Å². The van der Waals surface area contributed by atoms with Crippen LogP contribution in [0.2, 0.25) is 0 Å². The van der Waals surface area contributed by atoms with Crippen molar-refractivity contribution in [2.45, 2.75) is 63.6 Å². The highest BCUT2D eigenvalue weighted by molar-refractivity contribution is 6.08. The third-order valence-corrected chi connectivity index (χ3v) is 9.09. The van der Waals surface area contributed by atoms with Crippen molar-refractivity contribution >= 4 is 34.8 Å². The second-order valence-electron chi connectivity index (χ2n) is 12.2. The fourth-order valence-electron chi connectivity index (χ4n) is 6.68. The maximum atomic E-state index is 14.2. The predicted octanol–water partition coefficient (Wildman–Crippen LogP) is 3.24. The number of benzene rings is 3. The highest BCUT2D eigenvalue weighted by Gasteiger charge is 2.36. The maximum Gasteiger partial charge on any atom is 0.252 e. The van der Waals surface area contributed by atoms with Crippen molar-refractivity contribution in [3.63, 3.8) is 0 Å². The van der Waals surface area contributed by atoms with E-state index in [1.165, 1.54) is 12.1 Å². The Kier molecular flexibility index (Phi) is 11.5. The first kappa shape index (κ1) is 33.2. The van der Waals surface area contributed by atoms with E-state index in [0.717, 1.165) is 41.2 Å². The Morgan fingerprint density at radius 2 is 1.87 bits per heavy atom. The monoisotopic (exact) mass is 629 g/mol. The average Bonchev–Trinajstić information content (AvgIpc) is 3.62. The average molecular weight is 630 g/mol. The minimum atomic E-state index is -0.817. The van der Waals surface area contributed by atoms with Crippen LogP contribution in [0.3, 0.4) is 0 Å². The molecule has 0 spiro atoms. The van der Waals surface area contributed by atoms with Gasteiger partial charge in [0.2, 0.25) is 11.8 Å². The second-order valence-corrected chi connectivity index (χ2v) is 12.2. The van der Waals surface area contributed by atoms with Crippen molar-refractivity contribution in [1.82, 2.24) is 25.8 Å². The molecule has 0 aliphatic carbocycles. The summed E-state index contributed by atoms with van der Waals surface area (Å²) < 4.78 is 13.6. The van der Waals surface area contributed by atoms with Gasteiger partial charge in [0.05, 0.1) is 11.6 Å². The quantitative estimate of drug-likeness (QED) is 0.251. The normalized spacial score (nSPS) is 19.1. The number of aldehydes is 1. The van der Waals surface area contributed by atoms with E-state index in [0.29, 0.717) is 64.0 Å². The number of piperazine rings is 1. The fourth-order valence-corrected chi connectivity index (χ4v) is 6.68. The maximum absolute atomic E-state index is 14.2. The number of nitrogens with one attached hydrogen (secondary N) is 3. The largest absolute Gasteiger partial charge is 0.352 e. The number of halogens is 1. The van der Waals surface area contributed by atoms with Gasteiger partial charge in [-0.3, -0.25) is 19.3 Å². The lowest BCUT2D eigenvalue weighted by Crippen LogP contribution is -2.61. The number of fused-ring (bicyclic) bond motifs is 1. The molecule has 5 rings (SSSR count). The zero-order chi connectivity index (χ0) is 32.5. The summed E-state index contributed by atoms with van der Waals surface area (Å²) in [7, 11) is 0. The van der Waals surface area contributed by atoms with E-state index in [-0.39, 0.29) is 42.0 Å². The molecule has 2 fully saturated rings. The minimum absolute atomic E-state index is 0.0874. The van der Waals surface area contributed by atoms with Crippen molar-refractivity contribution < 1.29 is 23.6 Å². The molecular formula is C36H44FN5O4. The molecule has 0 radical (unpaired) electrons. The Labute approximate surface area is 269 Å². The van der Waals surface area contributed by atoms with Crippen LogP contribution in [0.5, 0.6) is 0 Å². The first-order valence-electron chi connectivity index (χ1n) is 16.4. The van der Waals surface area contributed by atoms with Gasteiger partial charge in [0.1, 0.15) is 18.1 Å².